The predicted molar refractivity (Wildman–Crippen MR) is 74.3 cm³/mol. The molecular weight excluding hydrogens is 228 g/mol. The minimum atomic E-state index is 0.165. The van der Waals surface area contributed by atoms with Crippen LogP contribution in [0.3, 0.4) is 0 Å². The maximum Gasteiger partial charge on any atom is 0.189 e. The molecule has 0 aliphatic rings. The molecule has 0 radical (unpaired) electrons. The number of allylic oxidation sites excluding steroid dienone is 2. The van der Waals surface area contributed by atoms with Crippen LogP contribution in [0.4, 0.5) is 0 Å². The largest absolute Gasteiger partial charge is 0.464 e. The zero-order valence-electron chi connectivity index (χ0n) is 12.0. The second-order valence-electron chi connectivity index (χ2n) is 4.39. The van der Waals surface area contributed by atoms with Crippen LogP contribution >= 0.6 is 0 Å². The number of aldehydes is 1. The lowest BCUT2D eigenvalue weighted by atomic mass is 10.1. The van der Waals surface area contributed by atoms with Gasteiger partial charge in [-0.05, 0) is 25.8 Å². The maximum atomic E-state index is 10.7. The molecule has 0 aromatic heterocycles. The van der Waals surface area contributed by atoms with Gasteiger partial charge in [-0.25, -0.2) is 0 Å². The van der Waals surface area contributed by atoms with E-state index >= 15 is 0 Å². The van der Waals surface area contributed by atoms with E-state index in [0.29, 0.717) is 12.4 Å². The normalized spacial score (nSPS) is 11.6. The molecule has 0 bridgehead atoms. The second-order valence-corrected chi connectivity index (χ2v) is 4.39. The van der Waals surface area contributed by atoms with Crippen molar-refractivity contribution in [2.75, 3.05) is 13.4 Å². The number of hydrogen-bond donors (Lipinski definition) is 0. The fraction of sp³-hybridized carbons (Fsp3) is 0.800. The van der Waals surface area contributed by atoms with Gasteiger partial charge < -0.3 is 9.47 Å². The SMILES string of the molecule is CCCCCCCCC/C=C(\C=O)OCOCC. The standard InChI is InChI=1S/C15H28O3/c1-3-5-6-7-8-9-10-11-12-15(13-16)18-14-17-4-2/h12-13H,3-11,14H2,1-2H3/b15-12+. The zero-order valence-corrected chi connectivity index (χ0v) is 12.0. The average Bonchev–Trinajstić information content (AvgIpc) is 2.40. The van der Waals surface area contributed by atoms with Crippen LogP contribution in [-0.2, 0) is 14.3 Å². The summed E-state index contributed by atoms with van der Waals surface area (Å²) in [6.07, 6.45) is 12.5. The first-order valence-electron chi connectivity index (χ1n) is 7.21. The Balaban J connectivity index is 3.43. The molecule has 0 fully saturated rings. The lowest BCUT2D eigenvalue weighted by Crippen LogP contribution is -2.00. The molecule has 0 aromatic rings. The van der Waals surface area contributed by atoms with Crippen LogP contribution in [0.2, 0.25) is 0 Å². The van der Waals surface area contributed by atoms with Crippen LogP contribution in [0.1, 0.15) is 65.2 Å². The van der Waals surface area contributed by atoms with Crippen molar-refractivity contribution in [3.05, 3.63) is 11.8 Å². The van der Waals surface area contributed by atoms with E-state index in [1.165, 1.54) is 38.5 Å². The molecule has 0 saturated carbocycles. The third-order valence-corrected chi connectivity index (χ3v) is 2.78. The Labute approximate surface area is 112 Å². The lowest BCUT2D eigenvalue weighted by molar-refractivity contribution is -0.110. The Morgan fingerprint density at radius 3 is 2.28 bits per heavy atom. The summed E-state index contributed by atoms with van der Waals surface area (Å²) in [5, 5.41) is 0. The molecule has 0 aliphatic heterocycles. The average molecular weight is 256 g/mol. The fourth-order valence-corrected chi connectivity index (χ4v) is 1.68. The number of rotatable bonds is 13. The Morgan fingerprint density at radius 2 is 1.67 bits per heavy atom. The predicted octanol–water partition coefficient (Wildman–Crippen LogP) is 4.22. The molecule has 0 N–H and O–H groups in total. The Hall–Kier alpha value is -0.830. The van der Waals surface area contributed by atoms with E-state index in [1.54, 1.807) is 0 Å². The summed E-state index contributed by atoms with van der Waals surface area (Å²) in [4.78, 5) is 10.7. The van der Waals surface area contributed by atoms with Crippen molar-refractivity contribution >= 4 is 6.29 Å². The summed E-state index contributed by atoms with van der Waals surface area (Å²) in [6, 6.07) is 0. The molecule has 18 heavy (non-hydrogen) atoms. The van der Waals surface area contributed by atoms with Gasteiger partial charge >= 0.3 is 0 Å². The van der Waals surface area contributed by atoms with Gasteiger partial charge in [-0.2, -0.15) is 0 Å². The third kappa shape index (κ3) is 11.6. The van der Waals surface area contributed by atoms with Crippen LogP contribution in [0.25, 0.3) is 0 Å². The summed E-state index contributed by atoms with van der Waals surface area (Å²) in [7, 11) is 0. The van der Waals surface area contributed by atoms with Gasteiger partial charge in [-0.15, -0.1) is 0 Å². The molecule has 0 rings (SSSR count). The molecule has 106 valence electrons. The van der Waals surface area contributed by atoms with Crippen molar-refractivity contribution in [2.45, 2.75) is 65.2 Å². The van der Waals surface area contributed by atoms with Crippen molar-refractivity contribution in [1.29, 1.82) is 0 Å². The van der Waals surface area contributed by atoms with Gasteiger partial charge in [0.1, 0.15) is 0 Å². The van der Waals surface area contributed by atoms with Gasteiger partial charge in [0.15, 0.2) is 18.8 Å². The molecule has 0 amide bonds. The first-order valence-corrected chi connectivity index (χ1v) is 7.21. The molecule has 3 nitrogen and oxygen atoms in total. The summed E-state index contributed by atoms with van der Waals surface area (Å²) in [5.74, 6) is 0.398. The second kappa shape index (κ2) is 14.2. The molecule has 0 saturated heterocycles. The molecule has 0 aromatic carbocycles. The molecule has 0 aliphatic carbocycles. The van der Waals surface area contributed by atoms with Crippen LogP contribution in [0, 0.1) is 0 Å². The minimum absolute atomic E-state index is 0.165. The Morgan fingerprint density at radius 1 is 1.00 bits per heavy atom. The van der Waals surface area contributed by atoms with E-state index in [9.17, 15) is 4.79 Å². The van der Waals surface area contributed by atoms with Gasteiger partial charge in [-0.1, -0.05) is 45.4 Å². The number of carbonyl (C=O) groups is 1. The van der Waals surface area contributed by atoms with Gasteiger partial charge in [0.2, 0.25) is 0 Å². The third-order valence-electron chi connectivity index (χ3n) is 2.78. The van der Waals surface area contributed by atoms with E-state index in [4.69, 9.17) is 9.47 Å². The van der Waals surface area contributed by atoms with Crippen molar-refractivity contribution in [2.24, 2.45) is 0 Å². The number of hydrogen-bond acceptors (Lipinski definition) is 3. The monoisotopic (exact) mass is 256 g/mol. The van der Waals surface area contributed by atoms with E-state index in [0.717, 1.165) is 19.1 Å². The summed E-state index contributed by atoms with van der Waals surface area (Å²) in [6.45, 7) is 4.89. The van der Waals surface area contributed by atoms with Crippen LogP contribution in [0.5, 0.6) is 0 Å². The molecule has 3 heteroatoms. The maximum absolute atomic E-state index is 10.7. The van der Waals surface area contributed by atoms with E-state index in [2.05, 4.69) is 6.92 Å². The first-order chi connectivity index (χ1) is 8.85. The summed E-state index contributed by atoms with van der Waals surface area (Å²) < 4.78 is 10.2. The fourth-order valence-electron chi connectivity index (χ4n) is 1.68. The van der Waals surface area contributed by atoms with E-state index in [1.807, 2.05) is 13.0 Å². The number of carbonyl (C=O) groups excluding carboxylic acids is 1. The van der Waals surface area contributed by atoms with Gasteiger partial charge in [0, 0.05) is 6.61 Å². The van der Waals surface area contributed by atoms with Crippen LogP contribution in [0.15, 0.2) is 11.8 Å². The smallest absolute Gasteiger partial charge is 0.189 e. The van der Waals surface area contributed by atoms with Gasteiger partial charge in [-0.3, -0.25) is 4.79 Å². The highest BCUT2D eigenvalue weighted by molar-refractivity contribution is 5.69. The van der Waals surface area contributed by atoms with Gasteiger partial charge in [0.25, 0.3) is 0 Å². The highest BCUT2D eigenvalue weighted by Crippen LogP contribution is 2.09. The molecular formula is C15H28O3. The number of unbranched alkanes of at least 4 members (excludes halogenated alkanes) is 7. The first kappa shape index (κ1) is 17.2. The quantitative estimate of drug-likeness (QED) is 0.163. The highest BCUT2D eigenvalue weighted by Gasteiger charge is 1.95. The zero-order chi connectivity index (χ0) is 13.5. The van der Waals surface area contributed by atoms with Crippen molar-refractivity contribution in [1.82, 2.24) is 0 Å². The number of ether oxygens (including phenoxy) is 2. The summed E-state index contributed by atoms with van der Waals surface area (Å²) in [5.41, 5.74) is 0. The minimum Gasteiger partial charge on any atom is -0.464 e. The summed E-state index contributed by atoms with van der Waals surface area (Å²) >= 11 is 0. The molecule has 0 spiro atoms. The Kier molecular flexibility index (Phi) is 13.6. The molecule has 0 atom stereocenters. The molecule has 0 heterocycles. The van der Waals surface area contributed by atoms with E-state index < -0.39 is 0 Å². The molecule has 0 unspecified atom stereocenters. The lowest BCUT2D eigenvalue weighted by Gasteiger charge is -2.04. The van der Waals surface area contributed by atoms with Gasteiger partial charge in [0.05, 0.1) is 0 Å². The van der Waals surface area contributed by atoms with Crippen molar-refractivity contribution in [3.63, 3.8) is 0 Å². The van der Waals surface area contributed by atoms with Crippen molar-refractivity contribution < 1.29 is 14.3 Å². The topological polar surface area (TPSA) is 35.5 Å². The van der Waals surface area contributed by atoms with Crippen LogP contribution < -0.4 is 0 Å². The van der Waals surface area contributed by atoms with Crippen LogP contribution in [-0.4, -0.2) is 19.7 Å². The highest BCUT2D eigenvalue weighted by atomic mass is 16.7. The Bertz CT molecular complexity index is 212. The van der Waals surface area contributed by atoms with E-state index in [-0.39, 0.29) is 6.79 Å². The van der Waals surface area contributed by atoms with Crippen molar-refractivity contribution in [3.8, 4) is 0 Å².